The summed E-state index contributed by atoms with van der Waals surface area (Å²) in [6.45, 7) is 0.579. The lowest BCUT2D eigenvalue weighted by molar-refractivity contribution is -0.179. The smallest absolute Gasteiger partial charge is 0.357 e. The molecule has 4 heterocycles. The van der Waals surface area contributed by atoms with Crippen molar-refractivity contribution >= 4 is 39.8 Å². The topological polar surface area (TPSA) is 98.8 Å². The standard InChI is InChI=1S/C24H22F3N7O/c25-24(26,27)16-7-10-34(11-8-16)21-6-5-18(14-29-21)32-23(35)19-2-1-9-28-22(19)31-17-4-3-15-13-30-33-20(15)12-17/h1-6,9,12-14,16H,7-8,10-11H2,(H,28,31)(H,30,33)(H,32,35). The Morgan fingerprint density at radius 1 is 1.03 bits per heavy atom. The normalized spacial score (nSPS) is 14.8. The van der Waals surface area contributed by atoms with Gasteiger partial charge in [-0.2, -0.15) is 18.3 Å². The number of carbonyl (C=O) groups is 1. The molecule has 0 saturated carbocycles. The van der Waals surface area contributed by atoms with Crippen molar-refractivity contribution in [2.75, 3.05) is 28.6 Å². The molecule has 0 atom stereocenters. The van der Waals surface area contributed by atoms with Crippen LogP contribution in [0.3, 0.4) is 0 Å². The van der Waals surface area contributed by atoms with Gasteiger partial charge in [0.2, 0.25) is 0 Å². The number of halogens is 3. The SMILES string of the molecule is O=C(Nc1ccc(N2CCC(C(F)(F)F)CC2)nc1)c1cccnc1Nc1ccc2cn[nH]c2c1. The van der Waals surface area contributed by atoms with Crippen LogP contribution < -0.4 is 15.5 Å². The van der Waals surface area contributed by atoms with Gasteiger partial charge in [-0.1, -0.05) is 0 Å². The number of rotatable bonds is 5. The van der Waals surface area contributed by atoms with E-state index < -0.39 is 12.1 Å². The van der Waals surface area contributed by atoms with Crippen LogP contribution in [0.4, 0.5) is 36.2 Å². The number of nitrogens with zero attached hydrogens (tertiary/aromatic N) is 4. The molecule has 1 fully saturated rings. The Balaban J connectivity index is 1.25. The third kappa shape index (κ3) is 5.03. The molecule has 4 aromatic rings. The molecular weight excluding hydrogens is 459 g/mol. The number of aromatic nitrogens is 4. The third-order valence-corrected chi connectivity index (χ3v) is 6.04. The minimum Gasteiger partial charge on any atom is -0.357 e. The van der Waals surface area contributed by atoms with Crippen LogP contribution >= 0.6 is 0 Å². The van der Waals surface area contributed by atoms with Gasteiger partial charge in [0.25, 0.3) is 5.91 Å². The van der Waals surface area contributed by atoms with E-state index in [1.807, 2.05) is 23.1 Å². The maximum atomic E-state index is 13.0. The average Bonchev–Trinajstić information content (AvgIpc) is 3.32. The number of fused-ring (bicyclic) bond motifs is 1. The van der Waals surface area contributed by atoms with Crippen LogP contribution in [0, 0.1) is 5.92 Å². The van der Waals surface area contributed by atoms with Crippen molar-refractivity contribution in [1.29, 1.82) is 0 Å². The summed E-state index contributed by atoms with van der Waals surface area (Å²) in [4.78, 5) is 23.4. The molecule has 180 valence electrons. The van der Waals surface area contributed by atoms with E-state index in [-0.39, 0.29) is 31.8 Å². The summed E-state index contributed by atoms with van der Waals surface area (Å²) in [5.41, 5.74) is 2.41. The molecule has 0 spiro atoms. The number of pyridine rings is 2. The summed E-state index contributed by atoms with van der Waals surface area (Å²) in [6, 6.07) is 12.4. The van der Waals surface area contributed by atoms with Crippen LogP contribution in [0.1, 0.15) is 23.2 Å². The highest BCUT2D eigenvalue weighted by Gasteiger charge is 2.41. The first-order valence-electron chi connectivity index (χ1n) is 11.1. The largest absolute Gasteiger partial charge is 0.391 e. The highest BCUT2D eigenvalue weighted by Crippen LogP contribution is 2.35. The van der Waals surface area contributed by atoms with Crippen LogP contribution in [0.2, 0.25) is 0 Å². The fraction of sp³-hybridized carbons (Fsp3) is 0.250. The van der Waals surface area contributed by atoms with Gasteiger partial charge in [0.15, 0.2) is 0 Å². The van der Waals surface area contributed by atoms with Crippen LogP contribution in [-0.4, -0.2) is 45.3 Å². The van der Waals surface area contributed by atoms with Crippen molar-refractivity contribution in [2.45, 2.75) is 19.0 Å². The molecule has 5 rings (SSSR count). The molecule has 1 aliphatic rings. The van der Waals surface area contributed by atoms with Gasteiger partial charge in [-0.25, -0.2) is 9.97 Å². The van der Waals surface area contributed by atoms with E-state index in [0.29, 0.717) is 22.9 Å². The highest BCUT2D eigenvalue weighted by molar-refractivity contribution is 6.07. The molecule has 0 radical (unpaired) electrons. The highest BCUT2D eigenvalue weighted by atomic mass is 19.4. The second-order valence-corrected chi connectivity index (χ2v) is 8.36. The molecular formula is C24H22F3N7O. The zero-order chi connectivity index (χ0) is 24.4. The van der Waals surface area contributed by atoms with Crippen LogP contribution in [-0.2, 0) is 0 Å². The lowest BCUT2D eigenvalue weighted by Gasteiger charge is -2.33. The van der Waals surface area contributed by atoms with Crippen LogP contribution in [0.5, 0.6) is 0 Å². The van der Waals surface area contributed by atoms with Gasteiger partial charge < -0.3 is 15.5 Å². The molecule has 11 heteroatoms. The van der Waals surface area contributed by atoms with Gasteiger partial charge in [-0.3, -0.25) is 9.89 Å². The molecule has 1 aromatic carbocycles. The summed E-state index contributed by atoms with van der Waals surface area (Å²) < 4.78 is 38.7. The zero-order valence-corrected chi connectivity index (χ0v) is 18.5. The fourth-order valence-electron chi connectivity index (χ4n) is 4.12. The zero-order valence-electron chi connectivity index (χ0n) is 18.5. The van der Waals surface area contributed by atoms with Gasteiger partial charge in [-0.15, -0.1) is 0 Å². The molecule has 0 unspecified atom stereocenters. The number of amides is 1. The first-order chi connectivity index (χ1) is 16.9. The number of piperidine rings is 1. The maximum Gasteiger partial charge on any atom is 0.391 e. The van der Waals surface area contributed by atoms with Gasteiger partial charge in [0.05, 0.1) is 35.1 Å². The van der Waals surface area contributed by atoms with Gasteiger partial charge in [0.1, 0.15) is 11.6 Å². The number of hydrogen-bond donors (Lipinski definition) is 3. The monoisotopic (exact) mass is 481 g/mol. The van der Waals surface area contributed by atoms with Crippen molar-refractivity contribution < 1.29 is 18.0 Å². The number of H-pyrrole nitrogens is 1. The predicted octanol–water partition coefficient (Wildman–Crippen LogP) is 5.13. The minimum atomic E-state index is -4.15. The Bertz CT molecular complexity index is 1330. The Kier molecular flexibility index (Phi) is 5.98. The molecule has 0 aliphatic carbocycles. The van der Waals surface area contributed by atoms with E-state index in [1.54, 1.807) is 36.7 Å². The Morgan fingerprint density at radius 3 is 2.57 bits per heavy atom. The number of nitrogens with one attached hydrogen (secondary N) is 3. The van der Waals surface area contributed by atoms with Gasteiger partial charge in [0, 0.05) is 30.4 Å². The molecule has 0 bridgehead atoms. The van der Waals surface area contributed by atoms with E-state index in [4.69, 9.17) is 0 Å². The Morgan fingerprint density at radius 2 is 1.83 bits per heavy atom. The van der Waals surface area contributed by atoms with E-state index >= 15 is 0 Å². The second kappa shape index (κ2) is 9.24. The lowest BCUT2D eigenvalue weighted by atomic mass is 9.96. The molecule has 35 heavy (non-hydrogen) atoms. The molecule has 3 N–H and O–H groups in total. The van der Waals surface area contributed by atoms with Crippen molar-refractivity contribution in [3.8, 4) is 0 Å². The minimum absolute atomic E-state index is 0.0494. The van der Waals surface area contributed by atoms with E-state index in [1.165, 1.54) is 6.20 Å². The summed E-state index contributed by atoms with van der Waals surface area (Å²) in [7, 11) is 0. The van der Waals surface area contributed by atoms with Crippen molar-refractivity contribution in [3.05, 3.63) is 66.6 Å². The fourth-order valence-corrected chi connectivity index (χ4v) is 4.12. The predicted molar refractivity (Wildman–Crippen MR) is 127 cm³/mol. The molecule has 8 nitrogen and oxygen atoms in total. The third-order valence-electron chi connectivity index (χ3n) is 6.04. The van der Waals surface area contributed by atoms with Crippen molar-refractivity contribution in [3.63, 3.8) is 0 Å². The first kappa shape index (κ1) is 22.6. The van der Waals surface area contributed by atoms with Crippen molar-refractivity contribution in [1.82, 2.24) is 20.2 Å². The number of carbonyl (C=O) groups excluding carboxylic acids is 1. The van der Waals surface area contributed by atoms with Gasteiger partial charge in [-0.05, 0) is 55.3 Å². The number of anilines is 4. The lowest BCUT2D eigenvalue weighted by Crippen LogP contribution is -2.39. The van der Waals surface area contributed by atoms with Crippen LogP contribution in [0.15, 0.2) is 61.1 Å². The van der Waals surface area contributed by atoms with E-state index in [9.17, 15) is 18.0 Å². The molecule has 1 amide bonds. The van der Waals surface area contributed by atoms with Crippen LogP contribution in [0.25, 0.3) is 10.9 Å². The quantitative estimate of drug-likeness (QED) is 0.366. The summed E-state index contributed by atoms with van der Waals surface area (Å²) >= 11 is 0. The number of hydrogen-bond acceptors (Lipinski definition) is 6. The van der Waals surface area contributed by atoms with Crippen molar-refractivity contribution in [2.24, 2.45) is 5.92 Å². The molecule has 3 aromatic heterocycles. The van der Waals surface area contributed by atoms with Gasteiger partial charge >= 0.3 is 6.18 Å². The number of aromatic amines is 1. The van der Waals surface area contributed by atoms with E-state index in [0.717, 1.165) is 16.6 Å². The number of alkyl halides is 3. The average molecular weight is 481 g/mol. The maximum absolute atomic E-state index is 13.0. The number of benzene rings is 1. The summed E-state index contributed by atoms with van der Waals surface area (Å²) in [5.74, 6) is -0.660. The Labute approximate surface area is 198 Å². The molecule has 1 aliphatic heterocycles. The molecule has 1 saturated heterocycles. The summed E-state index contributed by atoms with van der Waals surface area (Å²) in [6.07, 6.45) is 0.758. The van der Waals surface area contributed by atoms with E-state index in [2.05, 4.69) is 30.8 Å². The first-order valence-corrected chi connectivity index (χ1v) is 11.1. The second-order valence-electron chi connectivity index (χ2n) is 8.36. The Hall–Kier alpha value is -4.15. The summed E-state index contributed by atoms with van der Waals surface area (Å²) in [5, 5.41) is 13.8.